The molecule has 9 nitrogen and oxygen atoms in total. The maximum atomic E-state index is 8.29. The number of aliphatic hydroxyl groups excluding tert-OH is 1. The van der Waals surface area contributed by atoms with Crippen LogP contribution in [-0.4, -0.2) is 76.4 Å². The van der Waals surface area contributed by atoms with Crippen molar-refractivity contribution in [3.8, 4) is 5.75 Å². The minimum Gasteiger partial charge on any atom is -0.496 e. The number of nitrogen functional groups attached to an aromatic ring is 2. The first-order chi connectivity index (χ1) is 16.9. The Labute approximate surface area is 208 Å². The van der Waals surface area contributed by atoms with E-state index in [1.807, 2.05) is 16.8 Å². The highest BCUT2D eigenvalue weighted by Gasteiger charge is 2.28. The lowest BCUT2D eigenvalue weighted by Crippen LogP contribution is -2.56. The van der Waals surface area contributed by atoms with Crippen LogP contribution in [0, 0.1) is 0 Å². The second kappa shape index (κ2) is 12.7. The lowest BCUT2D eigenvalue weighted by molar-refractivity contribution is 0.0573. The molecule has 0 unspecified atom stereocenters. The van der Waals surface area contributed by atoms with E-state index in [4.69, 9.17) is 21.3 Å². The van der Waals surface area contributed by atoms with Crippen LogP contribution in [0.15, 0.2) is 30.5 Å². The molecule has 0 spiro atoms. The highest BCUT2D eigenvalue weighted by molar-refractivity contribution is 5.86. The van der Waals surface area contributed by atoms with Gasteiger partial charge in [-0.2, -0.15) is 4.98 Å². The summed E-state index contributed by atoms with van der Waals surface area (Å²) in [5.74, 6) is 1.45. The van der Waals surface area contributed by atoms with E-state index in [0.717, 1.165) is 48.4 Å². The molecule has 0 atom stereocenters. The zero-order valence-corrected chi connectivity index (χ0v) is 21.6. The molecule has 4 rings (SSSR count). The number of nitrogens with zero attached hydrogens (tertiary/aromatic N) is 5. The van der Waals surface area contributed by atoms with Crippen molar-refractivity contribution >= 4 is 22.8 Å². The van der Waals surface area contributed by atoms with Crippen molar-refractivity contribution in [3.63, 3.8) is 0 Å². The van der Waals surface area contributed by atoms with Gasteiger partial charge in [-0.05, 0) is 38.2 Å². The predicted molar refractivity (Wildman–Crippen MR) is 142 cm³/mol. The Morgan fingerprint density at radius 1 is 1.09 bits per heavy atom. The van der Waals surface area contributed by atoms with Gasteiger partial charge in [0.15, 0.2) is 5.82 Å². The van der Waals surface area contributed by atoms with Crippen molar-refractivity contribution in [2.75, 3.05) is 52.4 Å². The number of methoxy groups -OCH3 is 1. The fourth-order valence-electron chi connectivity index (χ4n) is 4.28. The van der Waals surface area contributed by atoms with E-state index < -0.39 is 0 Å². The quantitative estimate of drug-likeness (QED) is 0.377. The molecule has 1 aliphatic heterocycles. The van der Waals surface area contributed by atoms with Gasteiger partial charge in [-0.25, -0.2) is 4.98 Å². The van der Waals surface area contributed by atoms with Crippen molar-refractivity contribution < 1.29 is 9.84 Å². The summed E-state index contributed by atoms with van der Waals surface area (Å²) in [6.07, 6.45) is 6.63. The van der Waals surface area contributed by atoms with Crippen LogP contribution in [0.3, 0.4) is 0 Å². The third-order valence-corrected chi connectivity index (χ3v) is 6.43. The van der Waals surface area contributed by atoms with E-state index in [1.165, 1.54) is 24.8 Å². The van der Waals surface area contributed by atoms with Crippen LogP contribution in [0.25, 0.3) is 11.0 Å². The summed E-state index contributed by atoms with van der Waals surface area (Å²) in [5, 5.41) is 8.29. The molecule has 1 aliphatic rings. The van der Waals surface area contributed by atoms with Gasteiger partial charge < -0.3 is 30.8 Å². The monoisotopic (exact) mass is 483 g/mol. The molecule has 2 aromatic heterocycles. The number of aromatic nitrogens is 3. The number of likely N-dealkylation sites (N-methyl/N-ethyl adjacent to an activating group) is 1. The van der Waals surface area contributed by atoms with Crippen LogP contribution in [-0.2, 0) is 13.1 Å². The summed E-state index contributed by atoms with van der Waals surface area (Å²) in [5.41, 5.74) is 15.6. The molecule has 3 heterocycles. The SMILES string of the molecule is CCCCCCO.COc1cc(CN2CC(N(C)C)C2)ccc1Cn1ccc2nc(N)nc(N)c21. The van der Waals surface area contributed by atoms with Crippen molar-refractivity contribution in [2.24, 2.45) is 0 Å². The first kappa shape index (κ1) is 26.7. The zero-order chi connectivity index (χ0) is 25.4. The van der Waals surface area contributed by atoms with E-state index in [1.54, 1.807) is 7.11 Å². The second-order valence-electron chi connectivity index (χ2n) is 9.39. The molecule has 1 saturated heterocycles. The van der Waals surface area contributed by atoms with Gasteiger partial charge in [0.1, 0.15) is 11.3 Å². The third kappa shape index (κ3) is 7.06. The van der Waals surface area contributed by atoms with E-state index in [9.17, 15) is 0 Å². The van der Waals surface area contributed by atoms with Crippen molar-refractivity contribution in [1.29, 1.82) is 0 Å². The average molecular weight is 484 g/mol. The summed E-state index contributed by atoms with van der Waals surface area (Å²) in [6, 6.07) is 8.98. The molecular weight excluding hydrogens is 442 g/mol. The van der Waals surface area contributed by atoms with Gasteiger partial charge in [-0.1, -0.05) is 38.3 Å². The highest BCUT2D eigenvalue weighted by atomic mass is 16.5. The Morgan fingerprint density at radius 3 is 2.51 bits per heavy atom. The number of nitrogens with two attached hydrogens (primary N) is 2. The highest BCUT2D eigenvalue weighted by Crippen LogP contribution is 2.27. The number of rotatable bonds is 10. The van der Waals surface area contributed by atoms with Gasteiger partial charge in [0.25, 0.3) is 0 Å². The third-order valence-electron chi connectivity index (χ3n) is 6.43. The number of unbranched alkanes of at least 4 members (excludes halogenated alkanes) is 3. The van der Waals surface area contributed by atoms with Crippen LogP contribution in [0.5, 0.6) is 5.75 Å². The second-order valence-corrected chi connectivity index (χ2v) is 9.39. The summed E-state index contributed by atoms with van der Waals surface area (Å²) < 4.78 is 7.69. The largest absolute Gasteiger partial charge is 0.496 e. The van der Waals surface area contributed by atoms with Crippen LogP contribution >= 0.6 is 0 Å². The van der Waals surface area contributed by atoms with Crippen molar-refractivity contribution in [2.45, 2.75) is 51.7 Å². The van der Waals surface area contributed by atoms with Gasteiger partial charge in [0, 0.05) is 44.0 Å². The fraction of sp³-hybridized carbons (Fsp3) is 0.538. The average Bonchev–Trinajstić information content (AvgIpc) is 3.20. The van der Waals surface area contributed by atoms with Gasteiger partial charge in [0.2, 0.25) is 5.95 Å². The number of likely N-dealkylation sites (tertiary alicyclic amines) is 1. The number of aliphatic hydroxyl groups is 1. The molecule has 0 amide bonds. The van der Waals surface area contributed by atoms with E-state index in [0.29, 0.717) is 25.0 Å². The molecule has 0 saturated carbocycles. The van der Waals surface area contributed by atoms with Crippen LogP contribution in [0.2, 0.25) is 0 Å². The Balaban J connectivity index is 0.000000429. The summed E-state index contributed by atoms with van der Waals surface area (Å²) in [4.78, 5) is 13.1. The summed E-state index contributed by atoms with van der Waals surface area (Å²) in [7, 11) is 5.98. The number of anilines is 2. The topological polar surface area (TPSA) is 119 Å². The maximum Gasteiger partial charge on any atom is 0.222 e. The number of ether oxygens (including phenoxy) is 1. The Morgan fingerprint density at radius 2 is 1.86 bits per heavy atom. The molecule has 35 heavy (non-hydrogen) atoms. The summed E-state index contributed by atoms with van der Waals surface area (Å²) >= 11 is 0. The standard InChI is InChI=1S/C20H27N7O.C6H14O/c1-25(2)15-11-26(12-15)9-13-4-5-14(17(8-13)28-3)10-27-7-6-16-18(27)19(21)24-20(22)23-16;1-2-3-4-5-6-7/h4-8,15H,9-12H2,1-3H3,(H4,21,22,23,24);7H,2-6H2,1H3. The molecule has 0 bridgehead atoms. The van der Waals surface area contributed by atoms with Crippen LogP contribution < -0.4 is 16.2 Å². The van der Waals surface area contributed by atoms with Crippen molar-refractivity contribution in [3.05, 3.63) is 41.6 Å². The molecule has 3 aromatic rings. The minimum absolute atomic E-state index is 0.187. The molecule has 192 valence electrons. The van der Waals surface area contributed by atoms with Crippen LogP contribution in [0.1, 0.15) is 43.7 Å². The molecular formula is C26H41N7O2. The van der Waals surface area contributed by atoms with Gasteiger partial charge in [-0.15, -0.1) is 0 Å². The molecule has 9 heteroatoms. The van der Waals surface area contributed by atoms with Gasteiger partial charge >= 0.3 is 0 Å². The molecule has 1 aromatic carbocycles. The van der Waals surface area contributed by atoms with E-state index in [2.05, 4.69) is 59.0 Å². The normalized spacial score (nSPS) is 14.1. The lowest BCUT2D eigenvalue weighted by atomic mass is 10.0. The number of benzene rings is 1. The lowest BCUT2D eigenvalue weighted by Gasteiger charge is -2.42. The number of hydrogen-bond acceptors (Lipinski definition) is 8. The first-order valence-electron chi connectivity index (χ1n) is 12.4. The Kier molecular flexibility index (Phi) is 9.71. The maximum absolute atomic E-state index is 8.29. The first-order valence-corrected chi connectivity index (χ1v) is 12.4. The zero-order valence-electron chi connectivity index (χ0n) is 21.6. The van der Waals surface area contributed by atoms with Gasteiger partial charge in [-0.3, -0.25) is 4.90 Å². The molecule has 1 fully saturated rings. The van der Waals surface area contributed by atoms with E-state index >= 15 is 0 Å². The molecule has 5 N–H and O–H groups in total. The fourth-order valence-corrected chi connectivity index (χ4v) is 4.28. The summed E-state index contributed by atoms with van der Waals surface area (Å²) in [6.45, 7) is 6.30. The number of fused-ring (bicyclic) bond motifs is 1. The molecule has 0 radical (unpaired) electrons. The number of hydrogen-bond donors (Lipinski definition) is 3. The van der Waals surface area contributed by atoms with Gasteiger partial charge in [0.05, 0.1) is 19.2 Å². The smallest absolute Gasteiger partial charge is 0.222 e. The van der Waals surface area contributed by atoms with E-state index in [-0.39, 0.29) is 5.95 Å². The predicted octanol–water partition coefficient (Wildman–Crippen LogP) is 2.96. The Hall–Kier alpha value is -2.88. The Bertz CT molecular complexity index is 1070. The molecule has 0 aliphatic carbocycles. The van der Waals surface area contributed by atoms with Crippen molar-refractivity contribution in [1.82, 2.24) is 24.3 Å². The minimum atomic E-state index is 0.187. The van der Waals surface area contributed by atoms with Crippen LogP contribution in [0.4, 0.5) is 11.8 Å².